The second-order valence-electron chi connectivity index (χ2n) is 2.24. The molecule has 0 bridgehead atoms. The Bertz CT molecular complexity index is 126. The first-order valence-electron chi connectivity index (χ1n) is 2.93. The lowest BCUT2D eigenvalue weighted by molar-refractivity contribution is -0.136. The zero-order valence-corrected chi connectivity index (χ0v) is 5.08. The summed E-state index contributed by atoms with van der Waals surface area (Å²) in [5, 5.41) is 9.99. The summed E-state index contributed by atoms with van der Waals surface area (Å²) in [5.74, 6) is 5.11. The van der Waals surface area contributed by atoms with E-state index in [1.807, 2.05) is 0 Å². The molecule has 1 fully saturated rings. The van der Waals surface area contributed by atoms with Crippen molar-refractivity contribution < 1.29 is 9.90 Å². The third-order valence-electron chi connectivity index (χ3n) is 1.42. The molecule has 0 saturated carbocycles. The molecule has 0 spiro atoms. The van der Waals surface area contributed by atoms with Gasteiger partial charge < -0.3 is 5.11 Å². The zero-order valence-electron chi connectivity index (χ0n) is 5.08. The third-order valence-corrected chi connectivity index (χ3v) is 1.42. The van der Waals surface area contributed by atoms with E-state index in [-0.39, 0.29) is 12.5 Å². The van der Waals surface area contributed by atoms with E-state index in [1.54, 1.807) is 0 Å². The molecule has 0 aromatic rings. The van der Waals surface area contributed by atoms with Crippen LogP contribution in [0.25, 0.3) is 0 Å². The van der Waals surface area contributed by atoms with Crippen LogP contribution in [0.2, 0.25) is 0 Å². The quantitative estimate of drug-likeness (QED) is 0.321. The molecule has 1 amide bonds. The molecule has 1 heterocycles. The Labute approximate surface area is 53.2 Å². The highest BCUT2D eigenvalue weighted by molar-refractivity contribution is 5.76. The number of aliphatic hydroxyl groups is 1. The minimum Gasteiger partial charge on any atom is -0.391 e. The van der Waals surface area contributed by atoms with Crippen LogP contribution in [0, 0.1) is 0 Å². The molecule has 9 heavy (non-hydrogen) atoms. The molecule has 1 atom stereocenters. The summed E-state index contributed by atoms with van der Waals surface area (Å²) in [7, 11) is 0. The van der Waals surface area contributed by atoms with Crippen LogP contribution in [-0.4, -0.2) is 28.7 Å². The Morgan fingerprint density at radius 3 is 2.89 bits per heavy atom. The molecule has 1 saturated heterocycles. The van der Waals surface area contributed by atoms with Crippen LogP contribution in [-0.2, 0) is 4.79 Å². The van der Waals surface area contributed by atoms with E-state index in [9.17, 15) is 4.79 Å². The van der Waals surface area contributed by atoms with Gasteiger partial charge in [-0.2, -0.15) is 0 Å². The van der Waals surface area contributed by atoms with Crippen molar-refractivity contribution in [2.24, 2.45) is 5.84 Å². The molecule has 1 aliphatic heterocycles. The van der Waals surface area contributed by atoms with E-state index in [1.165, 1.54) is 0 Å². The van der Waals surface area contributed by atoms with Gasteiger partial charge in [-0.15, -0.1) is 0 Å². The number of aliphatic hydroxyl groups excluding tert-OH is 1. The molecule has 1 unspecified atom stereocenters. The smallest absolute Gasteiger partial charge is 0.236 e. The minimum absolute atomic E-state index is 0.0831. The Hall–Kier alpha value is -0.610. The lowest BCUT2D eigenvalue weighted by Crippen LogP contribution is -2.46. The van der Waals surface area contributed by atoms with Gasteiger partial charge in [-0.1, -0.05) is 0 Å². The van der Waals surface area contributed by atoms with Crippen molar-refractivity contribution in [2.75, 3.05) is 6.54 Å². The standard InChI is InChI=1S/C5H10N2O2/c6-7-3-4(8)1-2-5(7)9/h4,8H,1-3,6H2. The first-order valence-corrected chi connectivity index (χ1v) is 2.93. The average Bonchev–Trinajstić information content (AvgIpc) is 1.80. The number of hydrogen-bond acceptors (Lipinski definition) is 3. The number of β-amino-alcohol motifs (C(OH)–C–C–N with tert-alkyl or cyclic N) is 1. The number of nitrogens with two attached hydrogens (primary N) is 1. The van der Waals surface area contributed by atoms with Crippen molar-refractivity contribution in [3.8, 4) is 0 Å². The maximum absolute atomic E-state index is 10.6. The van der Waals surface area contributed by atoms with Crippen molar-refractivity contribution in [1.82, 2.24) is 5.01 Å². The molecule has 0 aromatic carbocycles. The monoisotopic (exact) mass is 130 g/mol. The third kappa shape index (κ3) is 1.40. The van der Waals surface area contributed by atoms with E-state index >= 15 is 0 Å². The van der Waals surface area contributed by atoms with Crippen LogP contribution in [0.15, 0.2) is 0 Å². The van der Waals surface area contributed by atoms with Crippen LogP contribution in [0.1, 0.15) is 12.8 Å². The van der Waals surface area contributed by atoms with Gasteiger partial charge in [-0.25, -0.2) is 5.84 Å². The number of rotatable bonds is 0. The van der Waals surface area contributed by atoms with Gasteiger partial charge >= 0.3 is 0 Å². The molecule has 0 radical (unpaired) electrons. The van der Waals surface area contributed by atoms with E-state index in [4.69, 9.17) is 10.9 Å². The average molecular weight is 130 g/mol. The Balaban J connectivity index is 2.44. The van der Waals surface area contributed by atoms with Gasteiger partial charge in [0.05, 0.1) is 12.6 Å². The summed E-state index contributed by atoms with van der Waals surface area (Å²) in [5.41, 5.74) is 0. The summed E-state index contributed by atoms with van der Waals surface area (Å²) >= 11 is 0. The second kappa shape index (κ2) is 2.33. The number of hydrogen-bond donors (Lipinski definition) is 2. The number of amides is 1. The maximum atomic E-state index is 10.6. The van der Waals surface area contributed by atoms with E-state index in [0.29, 0.717) is 12.8 Å². The van der Waals surface area contributed by atoms with Gasteiger partial charge in [0.1, 0.15) is 0 Å². The van der Waals surface area contributed by atoms with Crippen LogP contribution in [0.5, 0.6) is 0 Å². The lowest BCUT2D eigenvalue weighted by atomic mass is 10.1. The Kier molecular flexibility index (Phi) is 1.68. The van der Waals surface area contributed by atoms with Crippen molar-refractivity contribution in [3.63, 3.8) is 0 Å². The molecule has 52 valence electrons. The molecule has 0 aliphatic carbocycles. The van der Waals surface area contributed by atoms with E-state index in [2.05, 4.69) is 0 Å². The minimum atomic E-state index is -0.423. The molecular formula is C5H10N2O2. The number of piperidine rings is 1. The first-order chi connectivity index (χ1) is 4.20. The lowest BCUT2D eigenvalue weighted by Gasteiger charge is -2.25. The Morgan fingerprint density at radius 2 is 2.44 bits per heavy atom. The zero-order chi connectivity index (χ0) is 6.85. The van der Waals surface area contributed by atoms with Crippen LogP contribution >= 0.6 is 0 Å². The summed E-state index contributed by atoms with van der Waals surface area (Å²) in [6.45, 7) is 0.277. The highest BCUT2D eigenvalue weighted by Crippen LogP contribution is 2.06. The van der Waals surface area contributed by atoms with Gasteiger partial charge in [0.2, 0.25) is 5.91 Å². The van der Waals surface area contributed by atoms with Crippen LogP contribution in [0.4, 0.5) is 0 Å². The predicted molar refractivity (Wildman–Crippen MR) is 31.1 cm³/mol. The van der Waals surface area contributed by atoms with Crippen molar-refractivity contribution in [1.29, 1.82) is 0 Å². The maximum Gasteiger partial charge on any atom is 0.236 e. The van der Waals surface area contributed by atoms with E-state index < -0.39 is 6.10 Å². The summed E-state index contributed by atoms with van der Waals surface area (Å²) in [6.07, 6.45) is 0.497. The van der Waals surface area contributed by atoms with Crippen molar-refractivity contribution in [2.45, 2.75) is 18.9 Å². The fourth-order valence-corrected chi connectivity index (χ4v) is 0.854. The van der Waals surface area contributed by atoms with Crippen LogP contribution < -0.4 is 5.84 Å². The highest BCUT2D eigenvalue weighted by Gasteiger charge is 2.20. The molecule has 4 heteroatoms. The SMILES string of the molecule is NN1CC(O)CCC1=O. The normalized spacial score (nSPS) is 28.9. The van der Waals surface area contributed by atoms with Gasteiger partial charge in [0.15, 0.2) is 0 Å². The number of carbonyl (C=O) groups is 1. The van der Waals surface area contributed by atoms with Crippen molar-refractivity contribution in [3.05, 3.63) is 0 Å². The molecular weight excluding hydrogens is 120 g/mol. The number of hydrazine groups is 1. The predicted octanol–water partition coefficient (Wildman–Crippen LogP) is -1.16. The molecule has 0 aromatic heterocycles. The fourth-order valence-electron chi connectivity index (χ4n) is 0.854. The Morgan fingerprint density at radius 1 is 1.78 bits per heavy atom. The first kappa shape index (κ1) is 6.51. The van der Waals surface area contributed by atoms with Crippen molar-refractivity contribution >= 4 is 5.91 Å². The van der Waals surface area contributed by atoms with Crippen LogP contribution in [0.3, 0.4) is 0 Å². The fraction of sp³-hybridized carbons (Fsp3) is 0.800. The van der Waals surface area contributed by atoms with Gasteiger partial charge in [0.25, 0.3) is 0 Å². The largest absolute Gasteiger partial charge is 0.391 e. The number of carbonyl (C=O) groups excluding carboxylic acids is 1. The number of nitrogens with zero attached hydrogens (tertiary/aromatic N) is 1. The highest BCUT2D eigenvalue weighted by atomic mass is 16.3. The van der Waals surface area contributed by atoms with Gasteiger partial charge in [-0.05, 0) is 6.42 Å². The second-order valence-corrected chi connectivity index (χ2v) is 2.24. The van der Waals surface area contributed by atoms with E-state index in [0.717, 1.165) is 5.01 Å². The van der Waals surface area contributed by atoms with Gasteiger partial charge in [0, 0.05) is 6.42 Å². The summed E-state index contributed by atoms with van der Waals surface area (Å²) < 4.78 is 0. The molecule has 3 N–H and O–H groups in total. The molecule has 1 rings (SSSR count). The topological polar surface area (TPSA) is 66.6 Å². The summed E-state index contributed by atoms with van der Waals surface area (Å²) in [4.78, 5) is 10.6. The summed E-state index contributed by atoms with van der Waals surface area (Å²) in [6, 6.07) is 0. The molecule has 1 aliphatic rings. The molecule has 4 nitrogen and oxygen atoms in total. The van der Waals surface area contributed by atoms with Gasteiger partial charge in [-0.3, -0.25) is 9.80 Å².